The lowest BCUT2D eigenvalue weighted by Gasteiger charge is -2.10. The Morgan fingerprint density at radius 3 is 2.78 bits per heavy atom. The lowest BCUT2D eigenvalue weighted by molar-refractivity contribution is 0.414. The van der Waals surface area contributed by atoms with E-state index in [4.69, 9.17) is 10.5 Å². The van der Waals surface area contributed by atoms with Crippen molar-refractivity contribution in [2.75, 3.05) is 18.2 Å². The first-order valence-corrected chi connectivity index (χ1v) is 5.61. The second kappa shape index (κ2) is 5.40. The van der Waals surface area contributed by atoms with Gasteiger partial charge in [-0.1, -0.05) is 12.1 Å². The quantitative estimate of drug-likeness (QED) is 0.815. The van der Waals surface area contributed by atoms with Crippen molar-refractivity contribution in [2.24, 2.45) is 0 Å². The molecular weight excluding hydrogens is 231 g/mol. The number of ether oxygens (including phenoxy) is 1. The van der Waals surface area contributed by atoms with Crippen molar-refractivity contribution >= 4 is 11.4 Å². The molecular formula is C14H15FN2O. The fourth-order valence-corrected chi connectivity index (χ4v) is 1.67. The van der Waals surface area contributed by atoms with Crippen molar-refractivity contribution in [3.05, 3.63) is 53.8 Å². The molecule has 2 rings (SSSR count). The topological polar surface area (TPSA) is 47.3 Å². The number of hydrogen-bond acceptors (Lipinski definition) is 3. The maximum Gasteiger partial charge on any atom is 0.125 e. The first-order chi connectivity index (χ1) is 8.69. The largest absolute Gasteiger partial charge is 0.497 e. The molecule has 94 valence electrons. The van der Waals surface area contributed by atoms with E-state index in [0.717, 1.165) is 17.0 Å². The number of hydrogen-bond donors (Lipinski definition) is 2. The van der Waals surface area contributed by atoms with Gasteiger partial charge in [-0.05, 0) is 35.9 Å². The van der Waals surface area contributed by atoms with Crippen LogP contribution in [0.25, 0.3) is 0 Å². The van der Waals surface area contributed by atoms with Crippen LogP contribution in [0.3, 0.4) is 0 Å². The summed E-state index contributed by atoms with van der Waals surface area (Å²) in [4.78, 5) is 0. The van der Waals surface area contributed by atoms with E-state index in [0.29, 0.717) is 12.2 Å². The highest BCUT2D eigenvalue weighted by atomic mass is 19.1. The zero-order valence-corrected chi connectivity index (χ0v) is 10.1. The summed E-state index contributed by atoms with van der Waals surface area (Å²) >= 11 is 0. The first kappa shape index (κ1) is 12.2. The molecule has 2 aromatic rings. The summed E-state index contributed by atoms with van der Waals surface area (Å²) in [5.74, 6) is 0.473. The predicted molar refractivity (Wildman–Crippen MR) is 71.1 cm³/mol. The summed E-state index contributed by atoms with van der Waals surface area (Å²) in [6.07, 6.45) is 0. The van der Waals surface area contributed by atoms with E-state index in [-0.39, 0.29) is 5.82 Å². The van der Waals surface area contributed by atoms with Gasteiger partial charge in [0.05, 0.1) is 18.5 Å². The first-order valence-electron chi connectivity index (χ1n) is 5.61. The van der Waals surface area contributed by atoms with E-state index >= 15 is 0 Å². The standard InChI is InChI=1S/C14H15FN2O/c1-18-12-4-2-3-10(7-12)9-17-14-6-5-11(15)8-13(14)16/h2-8,17H,9,16H2,1H3. The highest BCUT2D eigenvalue weighted by molar-refractivity contribution is 5.65. The summed E-state index contributed by atoms with van der Waals surface area (Å²) in [5.41, 5.74) is 7.90. The summed E-state index contributed by atoms with van der Waals surface area (Å²) in [6.45, 7) is 0.604. The Morgan fingerprint density at radius 1 is 1.22 bits per heavy atom. The lowest BCUT2D eigenvalue weighted by Crippen LogP contribution is -2.02. The van der Waals surface area contributed by atoms with Crippen LogP contribution in [-0.4, -0.2) is 7.11 Å². The van der Waals surface area contributed by atoms with E-state index in [1.54, 1.807) is 13.2 Å². The number of halogens is 1. The number of nitrogen functional groups attached to an aromatic ring is 1. The predicted octanol–water partition coefficient (Wildman–Crippen LogP) is 3.03. The number of benzene rings is 2. The number of rotatable bonds is 4. The van der Waals surface area contributed by atoms with Gasteiger partial charge in [0.15, 0.2) is 0 Å². The Bertz CT molecular complexity index is 543. The SMILES string of the molecule is COc1cccc(CNc2ccc(F)cc2N)c1. The van der Waals surface area contributed by atoms with Crippen molar-refractivity contribution < 1.29 is 9.13 Å². The second-order valence-corrected chi connectivity index (χ2v) is 3.94. The Morgan fingerprint density at radius 2 is 2.06 bits per heavy atom. The van der Waals surface area contributed by atoms with Gasteiger partial charge in [0.1, 0.15) is 11.6 Å². The minimum Gasteiger partial charge on any atom is -0.497 e. The minimum atomic E-state index is -0.334. The molecule has 0 heterocycles. The van der Waals surface area contributed by atoms with Crippen LogP contribution >= 0.6 is 0 Å². The summed E-state index contributed by atoms with van der Waals surface area (Å²) in [7, 11) is 1.63. The number of nitrogens with two attached hydrogens (primary N) is 1. The third-order valence-electron chi connectivity index (χ3n) is 2.63. The second-order valence-electron chi connectivity index (χ2n) is 3.94. The Hall–Kier alpha value is -2.23. The Labute approximate surface area is 105 Å². The highest BCUT2D eigenvalue weighted by Gasteiger charge is 2.01. The minimum absolute atomic E-state index is 0.334. The van der Waals surface area contributed by atoms with E-state index < -0.39 is 0 Å². The summed E-state index contributed by atoms with van der Waals surface area (Å²) in [6, 6.07) is 12.0. The van der Waals surface area contributed by atoms with Gasteiger partial charge in [-0.15, -0.1) is 0 Å². The van der Waals surface area contributed by atoms with Crippen molar-refractivity contribution in [1.82, 2.24) is 0 Å². The number of methoxy groups -OCH3 is 1. The van der Waals surface area contributed by atoms with Crippen molar-refractivity contribution in [2.45, 2.75) is 6.54 Å². The molecule has 0 atom stereocenters. The Balaban J connectivity index is 2.06. The van der Waals surface area contributed by atoms with E-state index in [2.05, 4.69) is 5.32 Å². The van der Waals surface area contributed by atoms with E-state index in [9.17, 15) is 4.39 Å². The fourth-order valence-electron chi connectivity index (χ4n) is 1.67. The van der Waals surface area contributed by atoms with E-state index in [1.807, 2.05) is 24.3 Å². The van der Waals surface area contributed by atoms with Crippen LogP contribution in [0, 0.1) is 5.82 Å². The molecule has 0 fully saturated rings. The number of anilines is 2. The molecule has 3 nitrogen and oxygen atoms in total. The van der Waals surface area contributed by atoms with Crippen LogP contribution in [0.5, 0.6) is 5.75 Å². The zero-order valence-electron chi connectivity index (χ0n) is 10.1. The van der Waals surface area contributed by atoms with Gasteiger partial charge in [-0.3, -0.25) is 0 Å². The van der Waals surface area contributed by atoms with Crippen molar-refractivity contribution in [1.29, 1.82) is 0 Å². The van der Waals surface area contributed by atoms with Crippen LogP contribution in [0.1, 0.15) is 5.56 Å². The van der Waals surface area contributed by atoms with Gasteiger partial charge in [0.2, 0.25) is 0 Å². The molecule has 0 radical (unpaired) electrons. The summed E-state index contributed by atoms with van der Waals surface area (Å²) < 4.78 is 18.0. The van der Waals surface area contributed by atoms with Gasteiger partial charge in [0, 0.05) is 6.54 Å². The average molecular weight is 246 g/mol. The molecule has 0 bridgehead atoms. The van der Waals surface area contributed by atoms with Gasteiger partial charge < -0.3 is 15.8 Å². The fraction of sp³-hybridized carbons (Fsp3) is 0.143. The summed E-state index contributed by atoms with van der Waals surface area (Å²) in [5, 5.41) is 3.16. The van der Waals surface area contributed by atoms with Gasteiger partial charge >= 0.3 is 0 Å². The van der Waals surface area contributed by atoms with Crippen LogP contribution in [0.4, 0.5) is 15.8 Å². The molecule has 0 aliphatic carbocycles. The Kier molecular flexibility index (Phi) is 3.67. The molecule has 3 N–H and O–H groups in total. The van der Waals surface area contributed by atoms with Crippen LogP contribution < -0.4 is 15.8 Å². The molecule has 18 heavy (non-hydrogen) atoms. The smallest absolute Gasteiger partial charge is 0.125 e. The normalized spacial score (nSPS) is 10.1. The molecule has 0 amide bonds. The maximum absolute atomic E-state index is 12.9. The average Bonchev–Trinajstić information content (AvgIpc) is 2.38. The molecule has 0 spiro atoms. The van der Waals surface area contributed by atoms with Crippen molar-refractivity contribution in [3.63, 3.8) is 0 Å². The third kappa shape index (κ3) is 2.91. The molecule has 0 unspecified atom stereocenters. The maximum atomic E-state index is 12.9. The molecule has 0 saturated carbocycles. The molecule has 0 aromatic heterocycles. The molecule has 4 heteroatoms. The van der Waals surface area contributed by atoms with Gasteiger partial charge in [0.25, 0.3) is 0 Å². The van der Waals surface area contributed by atoms with Crippen LogP contribution in [-0.2, 0) is 6.54 Å². The molecule has 0 aliphatic heterocycles. The van der Waals surface area contributed by atoms with Crippen LogP contribution in [0.15, 0.2) is 42.5 Å². The monoisotopic (exact) mass is 246 g/mol. The zero-order chi connectivity index (χ0) is 13.0. The van der Waals surface area contributed by atoms with Crippen LogP contribution in [0.2, 0.25) is 0 Å². The molecule has 0 saturated heterocycles. The van der Waals surface area contributed by atoms with E-state index in [1.165, 1.54) is 12.1 Å². The van der Waals surface area contributed by atoms with Gasteiger partial charge in [-0.2, -0.15) is 0 Å². The highest BCUT2D eigenvalue weighted by Crippen LogP contribution is 2.20. The number of nitrogens with one attached hydrogen (secondary N) is 1. The molecule has 2 aromatic carbocycles. The molecule has 0 aliphatic rings. The third-order valence-corrected chi connectivity index (χ3v) is 2.63. The van der Waals surface area contributed by atoms with Gasteiger partial charge in [-0.25, -0.2) is 4.39 Å². The van der Waals surface area contributed by atoms with Crippen molar-refractivity contribution in [3.8, 4) is 5.75 Å². The lowest BCUT2D eigenvalue weighted by atomic mass is 10.2.